The van der Waals surface area contributed by atoms with Gasteiger partial charge in [0.25, 0.3) is 0 Å². The van der Waals surface area contributed by atoms with Crippen molar-refractivity contribution in [1.29, 1.82) is 0 Å². The zero-order valence-corrected chi connectivity index (χ0v) is 71.2. The maximum atomic E-state index is 9.80. The summed E-state index contributed by atoms with van der Waals surface area (Å²) in [6.45, 7) is 91.6. The van der Waals surface area contributed by atoms with Crippen molar-refractivity contribution in [3.8, 4) is 0 Å². The highest BCUT2D eigenvalue weighted by Crippen LogP contribution is 2.50. The molecule has 2 fully saturated rings. The van der Waals surface area contributed by atoms with Crippen LogP contribution in [0.4, 0.5) is 0 Å². The summed E-state index contributed by atoms with van der Waals surface area (Å²) in [5.74, 6) is 0.373. The standard InChI is InChI=1S/C34H74O4Si4.C33H72O5Si4/c1-21-22-23-27-26(2)29(37-41(17,18)33(6,7)8)31(38-42(19,20)34(9,10)11)30(35-27)28(24-25-39(12,13)14)36-40(15,16)32(3,4)5;1-25-26(21-20-23-34)35-29(27(22-24-39(11,12)13)36-40(14,15)31(2,3)4)30(38-42(18,19)33(8,9)10)28(25)37-41(16,17)32(5,6)7/h24-31H,21-23H2,1-20H3;22,24-30,34H,20-21,23H2,1-19H3/b25-24+;24-22+/t26-,27-,28-,29-,30-,31-;25-,26-,27-,28-,29-,30-/m00/s1. The van der Waals surface area contributed by atoms with Gasteiger partial charge in [-0.3, -0.25) is 0 Å². The highest BCUT2D eigenvalue weighted by molar-refractivity contribution is 6.81. The molecule has 2 rings (SSSR count). The minimum absolute atomic E-state index is 0.0357. The van der Waals surface area contributed by atoms with Crippen molar-refractivity contribution in [2.24, 2.45) is 11.8 Å². The second-order valence-corrected chi connectivity index (χ2v) is 76.2. The SMILES string of the molecule is CCCC[C@@H]1O[C@@H]([C@H](/C=C/[Si](C)(C)C)O[Si](C)(C)C(C)(C)C)[C@@H](O[Si](C)(C)C(C)(C)C)[C@@H](O[Si](C)(C)C(C)(C)C)[C@H]1C.C[C@@H]1[C@H](O[Si](C)(C)C(C)(C)C)[C@H](O[Si](C)(C)C(C)(C)C)[C@H]([C@H](/C=C/[Si](C)(C)C)O[Si](C)(C)C(C)(C)C)O[C@H]1CCCO. The molecule has 2 heterocycles. The summed E-state index contributed by atoms with van der Waals surface area (Å²) < 4.78 is 58.9. The Bertz CT molecular complexity index is 1890. The predicted molar refractivity (Wildman–Crippen MR) is 389 cm³/mol. The van der Waals surface area contributed by atoms with Gasteiger partial charge in [-0.2, -0.15) is 0 Å². The molecule has 2 aliphatic rings. The van der Waals surface area contributed by atoms with Gasteiger partial charge in [-0.1, -0.05) is 221 Å². The van der Waals surface area contributed by atoms with Crippen molar-refractivity contribution in [3.63, 3.8) is 0 Å². The molecule has 0 spiro atoms. The second kappa shape index (κ2) is 29.9. The summed E-state index contributed by atoms with van der Waals surface area (Å²) in [6.07, 6.45) is 8.13. The molecule has 2 saturated heterocycles. The van der Waals surface area contributed by atoms with Crippen LogP contribution in [0.3, 0.4) is 0 Å². The summed E-state index contributed by atoms with van der Waals surface area (Å²) in [5.41, 5.74) is 4.88. The topological polar surface area (TPSA) is 94.1 Å². The quantitative estimate of drug-likeness (QED) is 0.0949. The van der Waals surface area contributed by atoms with E-state index in [9.17, 15) is 5.11 Å². The fraction of sp³-hybridized carbons (Fsp3) is 0.940. The Morgan fingerprint density at radius 3 is 0.833 bits per heavy atom. The summed E-state index contributed by atoms with van der Waals surface area (Å²) in [4.78, 5) is 0. The molecule has 1 N–H and O–H groups in total. The molecule has 0 radical (unpaired) electrons. The van der Waals surface area contributed by atoms with E-state index in [0.29, 0.717) is 6.42 Å². The third-order valence-corrected chi connectivity index (χ3v) is 50.5. The minimum Gasteiger partial charge on any atom is -0.411 e. The maximum absolute atomic E-state index is 9.80. The molecule has 12 atom stereocenters. The fourth-order valence-electron chi connectivity index (χ4n) is 9.01. The number of unbranched alkanes of at least 4 members (excludes halogenated alkanes) is 1. The fourth-order valence-corrected chi connectivity index (χ4v) is 18.4. The van der Waals surface area contributed by atoms with Gasteiger partial charge in [0, 0.05) is 18.4 Å². The molecule has 500 valence electrons. The molecule has 0 amide bonds. The molecule has 0 bridgehead atoms. The van der Waals surface area contributed by atoms with Crippen LogP contribution in [0.2, 0.25) is 148 Å². The van der Waals surface area contributed by atoms with Crippen molar-refractivity contribution in [2.45, 2.75) is 387 Å². The summed E-state index contributed by atoms with van der Waals surface area (Å²) in [7, 11) is -16.0. The summed E-state index contributed by atoms with van der Waals surface area (Å²) in [6, 6.07) is 0. The van der Waals surface area contributed by atoms with E-state index < -0.39 is 66.1 Å². The average molecular weight is 1320 g/mol. The van der Waals surface area contributed by atoms with Crippen molar-refractivity contribution in [3.05, 3.63) is 23.6 Å². The van der Waals surface area contributed by atoms with Crippen LogP contribution in [0.25, 0.3) is 0 Å². The van der Waals surface area contributed by atoms with Crippen LogP contribution in [0.1, 0.15) is 178 Å². The van der Waals surface area contributed by atoms with Crippen LogP contribution in [0.15, 0.2) is 23.6 Å². The lowest BCUT2D eigenvalue weighted by atomic mass is 9.84. The Hall–Kier alpha value is 0.855. The highest BCUT2D eigenvalue weighted by atomic mass is 28.4. The summed E-state index contributed by atoms with van der Waals surface area (Å²) in [5, 5.41) is 10.2. The Kier molecular flexibility index (Phi) is 29.5. The Labute approximate surface area is 532 Å². The average Bonchev–Trinajstić information content (AvgIpc) is 3.25. The number of aliphatic hydroxyl groups excluding tert-OH is 1. The minimum atomic E-state index is -2.22. The van der Waals surface area contributed by atoms with Crippen LogP contribution >= 0.6 is 0 Å². The molecule has 0 aromatic rings. The van der Waals surface area contributed by atoms with E-state index in [-0.39, 0.29) is 110 Å². The Morgan fingerprint density at radius 2 is 0.619 bits per heavy atom. The molecular formula is C67H146O9Si8. The Morgan fingerprint density at radius 1 is 0.381 bits per heavy atom. The molecule has 2 aliphatic heterocycles. The van der Waals surface area contributed by atoms with Gasteiger partial charge >= 0.3 is 0 Å². The summed E-state index contributed by atoms with van der Waals surface area (Å²) >= 11 is 0. The number of hydrogen-bond donors (Lipinski definition) is 1. The van der Waals surface area contributed by atoms with Gasteiger partial charge in [0.1, 0.15) is 12.2 Å². The third kappa shape index (κ3) is 23.8. The zero-order valence-electron chi connectivity index (χ0n) is 63.2. The van der Waals surface area contributed by atoms with E-state index in [2.05, 4.69) is 287 Å². The smallest absolute Gasteiger partial charge is 0.193 e. The number of hydrogen-bond acceptors (Lipinski definition) is 9. The molecule has 84 heavy (non-hydrogen) atoms. The highest BCUT2D eigenvalue weighted by Gasteiger charge is 2.57. The van der Waals surface area contributed by atoms with Gasteiger partial charge in [-0.05, 0) is 128 Å². The lowest BCUT2D eigenvalue weighted by Crippen LogP contribution is -2.65. The van der Waals surface area contributed by atoms with E-state index in [1.165, 1.54) is 0 Å². The molecular weight excluding hydrogens is 1170 g/mol. The van der Waals surface area contributed by atoms with Crippen molar-refractivity contribution < 1.29 is 41.1 Å². The number of rotatable bonds is 24. The van der Waals surface area contributed by atoms with Crippen molar-refractivity contribution in [2.75, 3.05) is 6.61 Å². The van der Waals surface area contributed by atoms with Crippen molar-refractivity contribution >= 4 is 66.1 Å². The molecule has 9 nitrogen and oxygen atoms in total. The van der Waals surface area contributed by atoms with Gasteiger partial charge in [0.15, 0.2) is 49.9 Å². The Balaban J connectivity index is 0.000000840. The first-order valence-electron chi connectivity index (χ1n) is 33.3. The van der Waals surface area contributed by atoms with Crippen LogP contribution in [0.5, 0.6) is 0 Å². The molecule has 0 aliphatic carbocycles. The maximum Gasteiger partial charge on any atom is 0.193 e. The van der Waals surface area contributed by atoms with Crippen LogP contribution in [-0.2, 0) is 36.0 Å². The van der Waals surface area contributed by atoms with E-state index in [1.807, 2.05) is 0 Å². The van der Waals surface area contributed by atoms with Crippen LogP contribution in [-0.4, -0.2) is 139 Å². The van der Waals surface area contributed by atoms with Gasteiger partial charge in [0.05, 0.1) is 65.0 Å². The molecule has 0 aromatic carbocycles. The molecule has 0 unspecified atom stereocenters. The normalized spacial score (nSPS) is 26.6. The largest absolute Gasteiger partial charge is 0.411 e. The molecule has 0 aromatic heterocycles. The van der Waals surface area contributed by atoms with Gasteiger partial charge < -0.3 is 41.1 Å². The van der Waals surface area contributed by atoms with Crippen molar-refractivity contribution in [1.82, 2.24) is 0 Å². The van der Waals surface area contributed by atoms with Crippen LogP contribution < -0.4 is 0 Å². The first-order chi connectivity index (χ1) is 36.9. The molecule has 0 saturated carbocycles. The first kappa shape index (κ1) is 82.9. The van der Waals surface area contributed by atoms with Gasteiger partial charge in [-0.25, -0.2) is 0 Å². The van der Waals surface area contributed by atoms with Crippen LogP contribution in [0, 0.1) is 11.8 Å². The lowest BCUT2D eigenvalue weighted by molar-refractivity contribution is -0.207. The van der Waals surface area contributed by atoms with Gasteiger partial charge in [0.2, 0.25) is 0 Å². The lowest BCUT2D eigenvalue weighted by Gasteiger charge is -2.54. The number of ether oxygens (including phenoxy) is 2. The third-order valence-electron chi connectivity index (χ3n) is 21.3. The van der Waals surface area contributed by atoms with E-state index in [4.69, 9.17) is 36.0 Å². The number of aliphatic hydroxyl groups is 1. The zero-order chi connectivity index (χ0) is 66.7. The molecule has 17 heteroatoms. The van der Waals surface area contributed by atoms with Gasteiger partial charge in [-0.15, -0.1) is 0 Å². The van der Waals surface area contributed by atoms with E-state index in [0.717, 1.165) is 25.7 Å². The first-order valence-corrected chi connectivity index (χ1v) is 57.9. The van der Waals surface area contributed by atoms with E-state index >= 15 is 0 Å². The van der Waals surface area contributed by atoms with E-state index in [1.54, 1.807) is 0 Å². The predicted octanol–water partition coefficient (Wildman–Crippen LogP) is 21.0. The second-order valence-electron chi connectivity index (χ2n) is 37.5. The monoisotopic (exact) mass is 1320 g/mol.